The van der Waals surface area contributed by atoms with E-state index in [1.807, 2.05) is 0 Å². The second kappa shape index (κ2) is 6.41. The smallest absolute Gasteiger partial charge is 0.298 e. The van der Waals surface area contributed by atoms with Crippen LogP contribution < -0.4 is 10.9 Å². The summed E-state index contributed by atoms with van der Waals surface area (Å²) in [5, 5.41) is 2.33. The van der Waals surface area contributed by atoms with Crippen molar-refractivity contribution in [2.75, 3.05) is 5.32 Å². The van der Waals surface area contributed by atoms with Crippen LogP contribution in [0.1, 0.15) is 10.4 Å². The Hall–Kier alpha value is -3.35. The van der Waals surface area contributed by atoms with E-state index in [0.717, 1.165) is 10.6 Å². The molecule has 1 heterocycles. The lowest BCUT2D eigenvalue weighted by atomic mass is 10.2. The highest BCUT2D eigenvalue weighted by molar-refractivity contribution is 6.03. The first kappa shape index (κ1) is 15.5. The molecule has 0 spiro atoms. The summed E-state index contributed by atoms with van der Waals surface area (Å²) in [6.45, 7) is 0. The van der Waals surface area contributed by atoms with Crippen LogP contribution in [0, 0.1) is 11.6 Å². The Morgan fingerprint density at radius 3 is 2.46 bits per heavy atom. The maximum atomic E-state index is 13.3. The van der Waals surface area contributed by atoms with Crippen LogP contribution in [-0.2, 0) is 0 Å². The van der Waals surface area contributed by atoms with E-state index < -0.39 is 23.1 Å². The summed E-state index contributed by atoms with van der Waals surface area (Å²) in [6, 6.07) is 10.5. The Balaban J connectivity index is 1.94. The molecule has 1 N–H and O–H groups in total. The van der Waals surface area contributed by atoms with Gasteiger partial charge in [-0.2, -0.15) is 0 Å². The van der Waals surface area contributed by atoms with Crippen molar-refractivity contribution in [2.24, 2.45) is 0 Å². The summed E-state index contributed by atoms with van der Waals surface area (Å²) in [7, 11) is 0. The van der Waals surface area contributed by atoms with Gasteiger partial charge in [0.1, 0.15) is 11.6 Å². The molecule has 0 saturated carbocycles. The maximum Gasteiger partial charge on any atom is 0.298 e. The largest absolute Gasteiger partial charge is 0.302 e. The number of aromatic nitrogens is 2. The molecule has 24 heavy (non-hydrogen) atoms. The first-order valence-electron chi connectivity index (χ1n) is 6.95. The molecule has 0 unspecified atom stereocenters. The first-order chi connectivity index (χ1) is 11.5. The van der Waals surface area contributed by atoms with Crippen molar-refractivity contribution < 1.29 is 13.6 Å². The minimum Gasteiger partial charge on any atom is -0.302 e. The van der Waals surface area contributed by atoms with Crippen molar-refractivity contribution in [2.45, 2.75) is 0 Å². The number of carbonyl (C=O) groups excluding carboxylic acids is 1. The van der Waals surface area contributed by atoms with Crippen LogP contribution in [0.5, 0.6) is 0 Å². The predicted molar refractivity (Wildman–Crippen MR) is 84.1 cm³/mol. The molecule has 7 heteroatoms. The number of nitrogens with one attached hydrogen (secondary N) is 1. The third kappa shape index (κ3) is 3.19. The van der Waals surface area contributed by atoms with Gasteiger partial charge in [-0.15, -0.1) is 0 Å². The van der Waals surface area contributed by atoms with Crippen molar-refractivity contribution >= 4 is 11.7 Å². The summed E-state index contributed by atoms with van der Waals surface area (Å²) in [6.07, 6.45) is 2.66. The molecule has 120 valence electrons. The van der Waals surface area contributed by atoms with Gasteiger partial charge in [0.15, 0.2) is 5.82 Å². The molecule has 3 aromatic rings. The first-order valence-corrected chi connectivity index (χ1v) is 6.95. The number of rotatable bonds is 3. The molecule has 0 saturated heterocycles. The fourth-order valence-corrected chi connectivity index (χ4v) is 2.14. The van der Waals surface area contributed by atoms with Gasteiger partial charge in [-0.1, -0.05) is 12.1 Å². The van der Waals surface area contributed by atoms with Gasteiger partial charge in [0.2, 0.25) is 0 Å². The van der Waals surface area contributed by atoms with Gasteiger partial charge >= 0.3 is 0 Å². The van der Waals surface area contributed by atoms with Crippen molar-refractivity contribution in [3.05, 3.63) is 88.5 Å². The van der Waals surface area contributed by atoms with Crippen LogP contribution in [0.2, 0.25) is 0 Å². The third-order valence-corrected chi connectivity index (χ3v) is 3.25. The Kier molecular flexibility index (Phi) is 4.15. The van der Waals surface area contributed by atoms with Gasteiger partial charge in [-0.25, -0.2) is 13.8 Å². The Bertz CT molecular complexity index is 970. The Morgan fingerprint density at radius 2 is 1.75 bits per heavy atom. The topological polar surface area (TPSA) is 64.0 Å². The molecule has 0 fully saturated rings. The molecule has 2 aromatic carbocycles. The van der Waals surface area contributed by atoms with Crippen LogP contribution in [0.25, 0.3) is 5.69 Å². The average molecular weight is 327 g/mol. The second-order valence-electron chi connectivity index (χ2n) is 4.90. The molecule has 0 atom stereocenters. The zero-order chi connectivity index (χ0) is 17.1. The molecule has 1 amide bonds. The zero-order valence-electron chi connectivity index (χ0n) is 12.2. The minimum atomic E-state index is -0.670. The maximum absolute atomic E-state index is 13.3. The van der Waals surface area contributed by atoms with E-state index in [4.69, 9.17) is 0 Å². The third-order valence-electron chi connectivity index (χ3n) is 3.25. The van der Waals surface area contributed by atoms with Crippen molar-refractivity contribution in [1.29, 1.82) is 0 Å². The predicted octanol–water partition coefficient (Wildman–Crippen LogP) is 2.76. The molecular weight excluding hydrogens is 316 g/mol. The SMILES string of the molecule is O=C(Nc1nccn(-c2cccc(F)c2)c1=O)c1cccc(F)c1. The molecule has 0 aliphatic rings. The molecule has 3 rings (SSSR count). The van der Waals surface area contributed by atoms with Crippen molar-refractivity contribution in [3.8, 4) is 5.69 Å². The van der Waals surface area contributed by atoms with Gasteiger partial charge in [0, 0.05) is 18.0 Å². The second-order valence-corrected chi connectivity index (χ2v) is 4.90. The number of benzene rings is 2. The Labute approximate surface area is 135 Å². The number of halogens is 2. The average Bonchev–Trinajstić information content (AvgIpc) is 2.56. The van der Waals surface area contributed by atoms with E-state index in [1.54, 1.807) is 6.07 Å². The van der Waals surface area contributed by atoms with Crippen LogP contribution in [0.3, 0.4) is 0 Å². The van der Waals surface area contributed by atoms with E-state index in [9.17, 15) is 18.4 Å². The van der Waals surface area contributed by atoms with Gasteiger partial charge in [-0.05, 0) is 36.4 Å². The van der Waals surface area contributed by atoms with E-state index in [1.165, 1.54) is 48.8 Å². The fraction of sp³-hybridized carbons (Fsp3) is 0. The highest BCUT2D eigenvalue weighted by Gasteiger charge is 2.12. The van der Waals surface area contributed by atoms with Crippen molar-refractivity contribution in [3.63, 3.8) is 0 Å². The summed E-state index contributed by atoms with van der Waals surface area (Å²) in [4.78, 5) is 28.3. The number of amides is 1. The summed E-state index contributed by atoms with van der Waals surface area (Å²) < 4.78 is 27.6. The van der Waals surface area contributed by atoms with E-state index in [0.29, 0.717) is 5.69 Å². The fourth-order valence-electron chi connectivity index (χ4n) is 2.14. The number of nitrogens with zero attached hydrogens (tertiary/aromatic N) is 2. The molecule has 0 aliphatic heterocycles. The lowest BCUT2D eigenvalue weighted by Crippen LogP contribution is -2.26. The van der Waals surface area contributed by atoms with Gasteiger partial charge in [0.25, 0.3) is 11.5 Å². The molecule has 5 nitrogen and oxygen atoms in total. The van der Waals surface area contributed by atoms with E-state index >= 15 is 0 Å². The summed E-state index contributed by atoms with van der Waals surface area (Å²) >= 11 is 0. The highest BCUT2D eigenvalue weighted by atomic mass is 19.1. The number of anilines is 1. The lowest BCUT2D eigenvalue weighted by Gasteiger charge is -2.08. The van der Waals surface area contributed by atoms with E-state index in [2.05, 4.69) is 10.3 Å². The summed E-state index contributed by atoms with van der Waals surface area (Å²) in [5.74, 6) is -1.98. The van der Waals surface area contributed by atoms with Gasteiger partial charge < -0.3 is 5.32 Å². The molecule has 0 bridgehead atoms. The normalized spacial score (nSPS) is 10.4. The summed E-state index contributed by atoms with van der Waals surface area (Å²) in [5.41, 5.74) is -0.283. The number of carbonyl (C=O) groups is 1. The quantitative estimate of drug-likeness (QED) is 0.804. The molecule has 0 aliphatic carbocycles. The van der Waals surface area contributed by atoms with Crippen LogP contribution in [-0.4, -0.2) is 15.5 Å². The van der Waals surface area contributed by atoms with Crippen LogP contribution in [0.15, 0.2) is 65.7 Å². The number of hydrogen-bond donors (Lipinski definition) is 1. The zero-order valence-corrected chi connectivity index (χ0v) is 12.2. The van der Waals surface area contributed by atoms with Crippen molar-refractivity contribution in [1.82, 2.24) is 9.55 Å². The molecule has 0 radical (unpaired) electrons. The Morgan fingerprint density at radius 1 is 1.04 bits per heavy atom. The highest BCUT2D eigenvalue weighted by Crippen LogP contribution is 2.09. The monoisotopic (exact) mass is 327 g/mol. The molecule has 1 aromatic heterocycles. The van der Waals surface area contributed by atoms with Gasteiger partial charge in [-0.3, -0.25) is 14.2 Å². The standard InChI is InChI=1S/C17H11F2N3O2/c18-12-4-1-3-11(9-12)16(23)21-15-17(24)22(8-7-20-15)14-6-2-5-13(19)10-14/h1-10H,(H,20,21,23). The van der Waals surface area contributed by atoms with Crippen LogP contribution >= 0.6 is 0 Å². The molecular formula is C17H11F2N3O2. The number of hydrogen-bond acceptors (Lipinski definition) is 3. The minimum absolute atomic E-state index is 0.0531. The van der Waals surface area contributed by atoms with Crippen LogP contribution in [0.4, 0.5) is 14.6 Å². The van der Waals surface area contributed by atoms with E-state index in [-0.39, 0.29) is 11.4 Å². The lowest BCUT2D eigenvalue weighted by molar-refractivity contribution is 0.102. The van der Waals surface area contributed by atoms with Gasteiger partial charge in [0.05, 0.1) is 5.69 Å².